The quantitative estimate of drug-likeness (QED) is 0.704. The third-order valence-corrected chi connectivity index (χ3v) is 8.15. The molecule has 1 aliphatic heterocycles. The first-order valence-corrected chi connectivity index (χ1v) is 11.7. The highest BCUT2D eigenvalue weighted by Crippen LogP contribution is 2.38. The van der Waals surface area contributed by atoms with Crippen molar-refractivity contribution in [2.75, 3.05) is 19.6 Å². The zero-order valence-corrected chi connectivity index (χ0v) is 17.5. The number of halogens is 1. The SMILES string of the molecule is O=S(=O)(c1ccc(Cl)nc1)N1CCN(Cc2ccccc2)C2(CCCCC2)C1. The predicted octanol–water partition coefficient (Wildman–Crippen LogP) is 3.94. The predicted molar refractivity (Wildman–Crippen MR) is 111 cm³/mol. The number of sulfonamides is 1. The molecule has 0 N–H and O–H groups in total. The summed E-state index contributed by atoms with van der Waals surface area (Å²) in [5.41, 5.74) is 1.20. The molecule has 5 nitrogen and oxygen atoms in total. The van der Waals surface area contributed by atoms with E-state index in [4.69, 9.17) is 11.6 Å². The van der Waals surface area contributed by atoms with E-state index in [0.717, 1.165) is 38.8 Å². The van der Waals surface area contributed by atoms with E-state index in [1.807, 2.05) is 6.07 Å². The molecule has 4 rings (SSSR count). The van der Waals surface area contributed by atoms with E-state index < -0.39 is 10.0 Å². The fourth-order valence-corrected chi connectivity index (χ4v) is 6.15. The molecule has 1 saturated heterocycles. The number of piperazine rings is 1. The van der Waals surface area contributed by atoms with E-state index in [0.29, 0.717) is 18.2 Å². The van der Waals surface area contributed by atoms with Gasteiger partial charge in [0.05, 0.1) is 0 Å². The Kier molecular flexibility index (Phi) is 5.74. The van der Waals surface area contributed by atoms with Crippen molar-refractivity contribution in [3.05, 3.63) is 59.4 Å². The van der Waals surface area contributed by atoms with Gasteiger partial charge in [-0.2, -0.15) is 4.31 Å². The van der Waals surface area contributed by atoms with Crippen molar-refractivity contribution >= 4 is 21.6 Å². The number of benzene rings is 1. The van der Waals surface area contributed by atoms with Crippen LogP contribution in [0.1, 0.15) is 37.7 Å². The van der Waals surface area contributed by atoms with E-state index >= 15 is 0 Å². The molecule has 0 amide bonds. The molecule has 0 bridgehead atoms. The van der Waals surface area contributed by atoms with Gasteiger partial charge in [0.2, 0.25) is 10.0 Å². The fraction of sp³-hybridized carbons (Fsp3) is 0.476. The van der Waals surface area contributed by atoms with E-state index in [1.54, 1.807) is 10.4 Å². The van der Waals surface area contributed by atoms with Crippen molar-refractivity contribution in [2.45, 2.75) is 49.1 Å². The standard InChI is InChI=1S/C21H26ClN3O2S/c22-20-10-9-19(15-23-20)28(26,27)25-14-13-24(16-18-7-3-1-4-8-18)21(17-25)11-5-2-6-12-21/h1,3-4,7-10,15H,2,5-6,11-14,16-17H2. The Bertz CT molecular complexity index is 897. The summed E-state index contributed by atoms with van der Waals surface area (Å²) < 4.78 is 28.1. The molecule has 2 fully saturated rings. The molecule has 2 aliphatic rings. The summed E-state index contributed by atoms with van der Waals surface area (Å²) in [7, 11) is -3.56. The normalized spacial score (nSPS) is 21.0. The molecule has 1 aromatic heterocycles. The minimum Gasteiger partial charge on any atom is -0.291 e. The Labute approximate surface area is 172 Å². The topological polar surface area (TPSA) is 53.5 Å². The summed E-state index contributed by atoms with van der Waals surface area (Å²) in [5, 5.41) is 0.301. The maximum atomic E-state index is 13.2. The van der Waals surface area contributed by atoms with Crippen LogP contribution in [0.2, 0.25) is 5.15 Å². The van der Waals surface area contributed by atoms with Gasteiger partial charge < -0.3 is 0 Å². The first-order valence-electron chi connectivity index (χ1n) is 9.90. The molecule has 28 heavy (non-hydrogen) atoms. The van der Waals surface area contributed by atoms with Crippen molar-refractivity contribution in [1.29, 1.82) is 0 Å². The van der Waals surface area contributed by atoms with Crippen molar-refractivity contribution in [2.24, 2.45) is 0 Å². The molecule has 0 unspecified atom stereocenters. The van der Waals surface area contributed by atoms with Gasteiger partial charge in [0.1, 0.15) is 10.0 Å². The Morgan fingerprint density at radius 3 is 2.43 bits per heavy atom. The molecule has 1 spiro atoms. The smallest absolute Gasteiger partial charge is 0.244 e. The van der Waals surface area contributed by atoms with Crippen LogP contribution in [-0.2, 0) is 16.6 Å². The molecule has 150 valence electrons. The Morgan fingerprint density at radius 2 is 1.75 bits per heavy atom. The Balaban J connectivity index is 1.59. The maximum absolute atomic E-state index is 13.2. The Morgan fingerprint density at radius 1 is 1.00 bits per heavy atom. The highest BCUT2D eigenvalue weighted by Gasteiger charge is 2.45. The molecular weight excluding hydrogens is 394 g/mol. The number of hydrogen-bond donors (Lipinski definition) is 0. The minimum absolute atomic E-state index is 0.0841. The lowest BCUT2D eigenvalue weighted by Crippen LogP contribution is -2.63. The maximum Gasteiger partial charge on any atom is 0.244 e. The lowest BCUT2D eigenvalue weighted by Gasteiger charge is -2.52. The van der Waals surface area contributed by atoms with Crippen LogP contribution in [0.25, 0.3) is 0 Å². The molecule has 0 atom stereocenters. The van der Waals surface area contributed by atoms with Crippen LogP contribution >= 0.6 is 11.6 Å². The molecule has 7 heteroatoms. The van der Waals surface area contributed by atoms with E-state index in [-0.39, 0.29) is 10.4 Å². The number of nitrogens with zero attached hydrogens (tertiary/aromatic N) is 3. The molecule has 2 heterocycles. The highest BCUT2D eigenvalue weighted by atomic mass is 35.5. The third-order valence-electron chi connectivity index (χ3n) is 6.10. The van der Waals surface area contributed by atoms with E-state index in [2.05, 4.69) is 34.1 Å². The average Bonchev–Trinajstić information content (AvgIpc) is 2.71. The number of pyridine rings is 1. The lowest BCUT2D eigenvalue weighted by molar-refractivity contribution is -0.00681. The number of rotatable bonds is 4. The molecule has 2 aromatic rings. The summed E-state index contributed by atoms with van der Waals surface area (Å²) in [6.45, 7) is 2.66. The number of hydrogen-bond acceptors (Lipinski definition) is 4. The molecule has 1 aromatic carbocycles. The van der Waals surface area contributed by atoms with Crippen LogP contribution in [0.5, 0.6) is 0 Å². The average molecular weight is 420 g/mol. The van der Waals surface area contributed by atoms with E-state index in [1.165, 1.54) is 24.2 Å². The third kappa shape index (κ3) is 3.96. The molecular formula is C21H26ClN3O2S. The van der Waals surface area contributed by atoms with Gasteiger partial charge in [-0.15, -0.1) is 0 Å². The zero-order valence-electron chi connectivity index (χ0n) is 15.9. The second-order valence-corrected chi connectivity index (χ2v) is 10.2. The van der Waals surface area contributed by atoms with Crippen LogP contribution in [-0.4, -0.2) is 47.8 Å². The zero-order chi connectivity index (χ0) is 19.6. The molecule has 1 saturated carbocycles. The fourth-order valence-electron chi connectivity index (χ4n) is 4.58. The summed E-state index contributed by atoms with van der Waals surface area (Å²) >= 11 is 5.83. The first kappa shape index (κ1) is 19.8. The van der Waals surface area contributed by atoms with E-state index in [9.17, 15) is 8.42 Å². The van der Waals surface area contributed by atoms with Gasteiger partial charge in [0, 0.05) is 37.9 Å². The molecule has 0 radical (unpaired) electrons. The second kappa shape index (κ2) is 8.11. The van der Waals surface area contributed by atoms with Gasteiger partial charge in [0.15, 0.2) is 0 Å². The molecule has 1 aliphatic carbocycles. The van der Waals surface area contributed by atoms with Gasteiger partial charge in [0.25, 0.3) is 0 Å². The monoisotopic (exact) mass is 419 g/mol. The van der Waals surface area contributed by atoms with Crippen LogP contribution in [0.4, 0.5) is 0 Å². The summed E-state index contributed by atoms with van der Waals surface area (Å²) in [4.78, 5) is 6.71. The van der Waals surface area contributed by atoms with Crippen LogP contribution in [0.15, 0.2) is 53.6 Å². The summed E-state index contributed by atoms with van der Waals surface area (Å²) in [5.74, 6) is 0. The largest absolute Gasteiger partial charge is 0.291 e. The van der Waals surface area contributed by atoms with Gasteiger partial charge >= 0.3 is 0 Å². The summed E-state index contributed by atoms with van der Waals surface area (Å²) in [6, 6.07) is 13.6. The van der Waals surface area contributed by atoms with Crippen LogP contribution in [0.3, 0.4) is 0 Å². The second-order valence-electron chi connectivity index (χ2n) is 7.85. The van der Waals surface area contributed by atoms with Crippen LogP contribution < -0.4 is 0 Å². The highest BCUT2D eigenvalue weighted by molar-refractivity contribution is 7.89. The minimum atomic E-state index is -3.56. The van der Waals surface area contributed by atoms with Gasteiger partial charge in [-0.25, -0.2) is 13.4 Å². The Hall–Kier alpha value is -1.47. The summed E-state index contributed by atoms with van der Waals surface area (Å²) in [6.07, 6.45) is 7.00. The lowest BCUT2D eigenvalue weighted by atomic mass is 9.79. The van der Waals surface area contributed by atoms with Crippen molar-refractivity contribution < 1.29 is 8.42 Å². The van der Waals surface area contributed by atoms with Gasteiger partial charge in [-0.05, 0) is 30.5 Å². The van der Waals surface area contributed by atoms with Crippen molar-refractivity contribution in [3.63, 3.8) is 0 Å². The van der Waals surface area contributed by atoms with Gasteiger partial charge in [-0.1, -0.05) is 61.2 Å². The first-order chi connectivity index (χ1) is 13.5. The number of aromatic nitrogens is 1. The van der Waals surface area contributed by atoms with Crippen LogP contribution in [0, 0.1) is 0 Å². The van der Waals surface area contributed by atoms with Crippen molar-refractivity contribution in [3.8, 4) is 0 Å². The van der Waals surface area contributed by atoms with Crippen molar-refractivity contribution in [1.82, 2.24) is 14.2 Å². The van der Waals surface area contributed by atoms with Gasteiger partial charge in [-0.3, -0.25) is 4.90 Å².